The highest BCUT2D eigenvalue weighted by Crippen LogP contribution is 2.27. The largest absolute Gasteiger partial charge is 0.502 e. The molecular weight excluding hydrogens is 242 g/mol. The molecule has 1 atom stereocenters. The molecule has 0 amide bonds. The van der Waals surface area contributed by atoms with E-state index in [-0.39, 0.29) is 12.0 Å². The Morgan fingerprint density at radius 2 is 2.06 bits per heavy atom. The Morgan fingerprint density at radius 3 is 2.50 bits per heavy atom. The molecule has 0 fully saturated rings. The number of carbonyl (C=O) groups is 2. The van der Waals surface area contributed by atoms with E-state index in [9.17, 15) is 24.8 Å². The van der Waals surface area contributed by atoms with Crippen LogP contribution in [-0.4, -0.2) is 26.9 Å². The van der Waals surface area contributed by atoms with Crippen LogP contribution in [0.15, 0.2) is 18.2 Å². The number of aromatic hydroxyl groups is 1. The molecule has 0 aliphatic rings. The number of ketones is 1. The van der Waals surface area contributed by atoms with Gasteiger partial charge in [-0.1, -0.05) is 6.92 Å². The third-order valence-corrected chi connectivity index (χ3v) is 2.39. The number of nitro benzene ring substituents is 1. The minimum absolute atomic E-state index is 0.0480. The second-order valence-corrected chi connectivity index (χ2v) is 3.82. The van der Waals surface area contributed by atoms with Crippen molar-refractivity contribution in [1.29, 1.82) is 0 Å². The number of nitrogens with zero attached hydrogens (tertiary/aromatic N) is 1. The molecule has 96 valence electrons. The van der Waals surface area contributed by atoms with Crippen molar-refractivity contribution >= 4 is 17.4 Å². The number of rotatable bonds is 5. The van der Waals surface area contributed by atoms with Crippen molar-refractivity contribution in [1.82, 2.24) is 0 Å². The summed E-state index contributed by atoms with van der Waals surface area (Å²) in [6.45, 7) is 1.44. The molecule has 0 saturated carbocycles. The lowest BCUT2D eigenvalue weighted by Crippen LogP contribution is -2.15. The molecule has 1 aromatic rings. The smallest absolute Gasteiger partial charge is 0.310 e. The number of hydrogen-bond acceptors (Lipinski definition) is 5. The van der Waals surface area contributed by atoms with E-state index in [1.54, 1.807) is 0 Å². The van der Waals surface area contributed by atoms with E-state index in [2.05, 4.69) is 0 Å². The van der Waals surface area contributed by atoms with Crippen LogP contribution < -0.4 is 0 Å². The summed E-state index contributed by atoms with van der Waals surface area (Å²) in [4.78, 5) is 31.9. The molecule has 0 saturated heterocycles. The fourth-order valence-electron chi connectivity index (χ4n) is 1.47. The van der Waals surface area contributed by atoms with E-state index in [1.165, 1.54) is 13.0 Å². The van der Waals surface area contributed by atoms with E-state index in [0.717, 1.165) is 12.1 Å². The van der Waals surface area contributed by atoms with Gasteiger partial charge in [0.2, 0.25) is 0 Å². The van der Waals surface area contributed by atoms with Crippen molar-refractivity contribution in [3.05, 3.63) is 33.9 Å². The van der Waals surface area contributed by atoms with Crippen molar-refractivity contribution < 1.29 is 24.7 Å². The summed E-state index contributed by atoms with van der Waals surface area (Å²) in [6.07, 6.45) is -0.337. The Bertz CT molecular complexity index is 510. The van der Waals surface area contributed by atoms with Crippen LogP contribution in [0.25, 0.3) is 0 Å². The Kier molecular flexibility index (Phi) is 3.98. The molecule has 0 heterocycles. The summed E-state index contributed by atoms with van der Waals surface area (Å²) in [5.41, 5.74) is -0.454. The third-order valence-electron chi connectivity index (χ3n) is 2.39. The lowest BCUT2D eigenvalue weighted by atomic mass is 9.96. The van der Waals surface area contributed by atoms with Gasteiger partial charge in [0, 0.05) is 17.5 Å². The zero-order valence-electron chi connectivity index (χ0n) is 9.49. The fourth-order valence-corrected chi connectivity index (χ4v) is 1.47. The average Bonchev–Trinajstić information content (AvgIpc) is 2.26. The minimum atomic E-state index is -1.11. The van der Waals surface area contributed by atoms with E-state index in [4.69, 9.17) is 5.11 Å². The molecule has 0 bridgehead atoms. The number of carbonyl (C=O) groups excluding carboxylic acids is 1. The fraction of sp³-hybridized carbons (Fsp3) is 0.273. The van der Waals surface area contributed by atoms with Crippen LogP contribution in [0.5, 0.6) is 5.75 Å². The van der Waals surface area contributed by atoms with Crippen LogP contribution in [0.1, 0.15) is 23.7 Å². The van der Waals surface area contributed by atoms with Gasteiger partial charge in [0.25, 0.3) is 0 Å². The molecule has 1 aromatic carbocycles. The highest BCUT2D eigenvalue weighted by Gasteiger charge is 2.21. The summed E-state index contributed by atoms with van der Waals surface area (Å²) in [5, 5.41) is 28.4. The van der Waals surface area contributed by atoms with E-state index < -0.39 is 34.0 Å². The number of carboxylic acids is 1. The molecule has 7 heteroatoms. The number of phenols is 1. The van der Waals surface area contributed by atoms with Crippen LogP contribution in [0.3, 0.4) is 0 Å². The van der Waals surface area contributed by atoms with Gasteiger partial charge in [-0.25, -0.2) is 0 Å². The molecule has 0 spiro atoms. The first kappa shape index (κ1) is 13.6. The van der Waals surface area contributed by atoms with Crippen LogP contribution in [0, 0.1) is 16.0 Å². The number of hydrogen-bond donors (Lipinski definition) is 2. The highest BCUT2D eigenvalue weighted by molar-refractivity contribution is 5.99. The molecule has 0 aliphatic heterocycles. The summed E-state index contributed by atoms with van der Waals surface area (Å²) >= 11 is 0. The Labute approximate surface area is 102 Å². The van der Waals surface area contributed by atoms with Gasteiger partial charge in [-0.15, -0.1) is 0 Å². The number of aliphatic carboxylic acids is 1. The molecule has 1 rings (SSSR count). The third kappa shape index (κ3) is 3.03. The van der Waals surface area contributed by atoms with Crippen LogP contribution in [0.2, 0.25) is 0 Å². The molecule has 0 aromatic heterocycles. The zero-order chi connectivity index (χ0) is 13.9. The molecular formula is C11H11NO6. The summed E-state index contributed by atoms with van der Waals surface area (Å²) < 4.78 is 0. The molecule has 7 nitrogen and oxygen atoms in total. The van der Waals surface area contributed by atoms with Crippen molar-refractivity contribution in [2.24, 2.45) is 5.92 Å². The van der Waals surface area contributed by atoms with Gasteiger partial charge in [0.1, 0.15) is 0 Å². The number of nitro groups is 1. The Balaban J connectivity index is 2.98. The second kappa shape index (κ2) is 5.26. The van der Waals surface area contributed by atoms with Gasteiger partial charge < -0.3 is 10.2 Å². The Morgan fingerprint density at radius 1 is 1.44 bits per heavy atom. The summed E-state index contributed by atoms with van der Waals surface area (Å²) in [6, 6.07) is 3.17. The van der Waals surface area contributed by atoms with Crippen molar-refractivity contribution in [2.45, 2.75) is 13.3 Å². The standard InChI is InChI=1S/C11H11NO6/c1-6(4-10(14)15)11(16)7-2-3-8(12(17)18)9(13)5-7/h2-3,5-6,13H,4H2,1H3,(H,14,15). The van der Waals surface area contributed by atoms with Crippen molar-refractivity contribution in [3.8, 4) is 5.75 Å². The lowest BCUT2D eigenvalue weighted by Gasteiger charge is -2.07. The Hall–Kier alpha value is -2.44. The highest BCUT2D eigenvalue weighted by atomic mass is 16.6. The van der Waals surface area contributed by atoms with Gasteiger partial charge in [0.05, 0.1) is 11.3 Å². The van der Waals surface area contributed by atoms with Gasteiger partial charge in [0.15, 0.2) is 11.5 Å². The average molecular weight is 253 g/mol. The quantitative estimate of drug-likeness (QED) is 0.467. The minimum Gasteiger partial charge on any atom is -0.502 e. The maximum Gasteiger partial charge on any atom is 0.310 e. The van der Waals surface area contributed by atoms with Crippen LogP contribution >= 0.6 is 0 Å². The molecule has 0 radical (unpaired) electrons. The van der Waals surface area contributed by atoms with Gasteiger partial charge in [-0.2, -0.15) is 0 Å². The number of benzene rings is 1. The maximum absolute atomic E-state index is 11.8. The topological polar surface area (TPSA) is 118 Å². The summed E-state index contributed by atoms with van der Waals surface area (Å²) in [5.74, 6) is -2.97. The normalized spacial score (nSPS) is 11.8. The predicted molar refractivity (Wildman–Crippen MR) is 60.5 cm³/mol. The second-order valence-electron chi connectivity index (χ2n) is 3.82. The number of carboxylic acid groups (broad SMARTS) is 1. The predicted octanol–water partition coefficient (Wildman–Crippen LogP) is 1.59. The van der Waals surface area contributed by atoms with E-state index in [1.807, 2.05) is 0 Å². The van der Waals surface area contributed by atoms with Crippen molar-refractivity contribution in [2.75, 3.05) is 0 Å². The van der Waals surface area contributed by atoms with Crippen molar-refractivity contribution in [3.63, 3.8) is 0 Å². The molecule has 1 unspecified atom stereocenters. The first-order valence-corrected chi connectivity index (χ1v) is 5.06. The molecule has 0 aliphatic carbocycles. The first-order chi connectivity index (χ1) is 8.32. The van der Waals surface area contributed by atoms with Gasteiger partial charge in [-0.05, 0) is 12.1 Å². The monoisotopic (exact) mass is 253 g/mol. The van der Waals surface area contributed by atoms with Gasteiger partial charge in [-0.3, -0.25) is 19.7 Å². The van der Waals surface area contributed by atoms with Crippen LogP contribution in [-0.2, 0) is 4.79 Å². The van der Waals surface area contributed by atoms with Crippen LogP contribution in [0.4, 0.5) is 5.69 Å². The van der Waals surface area contributed by atoms with E-state index >= 15 is 0 Å². The lowest BCUT2D eigenvalue weighted by molar-refractivity contribution is -0.385. The SMILES string of the molecule is CC(CC(=O)O)C(=O)c1ccc([N+](=O)[O-])c(O)c1. The van der Waals surface area contributed by atoms with E-state index in [0.29, 0.717) is 0 Å². The molecule has 18 heavy (non-hydrogen) atoms. The van der Waals surface area contributed by atoms with Gasteiger partial charge >= 0.3 is 11.7 Å². The maximum atomic E-state index is 11.8. The first-order valence-electron chi connectivity index (χ1n) is 5.06. The number of Topliss-reactive ketones (excluding diaryl/α,β-unsaturated/α-hetero) is 1. The number of phenolic OH excluding ortho intramolecular Hbond substituents is 1. The molecule has 2 N–H and O–H groups in total. The summed E-state index contributed by atoms with van der Waals surface area (Å²) in [7, 11) is 0. The zero-order valence-corrected chi connectivity index (χ0v) is 9.49.